The summed E-state index contributed by atoms with van der Waals surface area (Å²) in [6, 6.07) is 8.22. The number of pyridine rings is 1. The maximum Gasteiger partial charge on any atom is 0.222 e. The van der Waals surface area contributed by atoms with Crippen LogP contribution >= 0.6 is 0 Å². The third-order valence-corrected chi connectivity index (χ3v) is 7.12. The minimum absolute atomic E-state index is 0.333. The summed E-state index contributed by atoms with van der Waals surface area (Å²) in [6.45, 7) is 6.14. The van der Waals surface area contributed by atoms with Crippen LogP contribution in [0.25, 0.3) is 10.9 Å². The molecule has 2 N–H and O–H groups in total. The van der Waals surface area contributed by atoms with Crippen molar-refractivity contribution >= 4 is 23.0 Å². The lowest BCUT2D eigenvalue weighted by molar-refractivity contribution is -0.133. The van der Waals surface area contributed by atoms with Crippen LogP contribution in [0, 0.1) is 29.1 Å². The Morgan fingerprint density at radius 2 is 2.11 bits per heavy atom. The molecule has 0 radical (unpaired) electrons. The van der Waals surface area contributed by atoms with Crippen molar-refractivity contribution in [2.24, 2.45) is 23.7 Å². The van der Waals surface area contributed by atoms with Crippen LogP contribution in [0.3, 0.4) is 0 Å². The van der Waals surface area contributed by atoms with Crippen molar-refractivity contribution in [3.8, 4) is 0 Å². The number of hydrogen-bond acceptors (Lipinski definition) is 4. The Labute approximate surface area is 166 Å². The fourth-order valence-corrected chi connectivity index (χ4v) is 5.65. The summed E-state index contributed by atoms with van der Waals surface area (Å²) in [5, 5.41) is 12.2. The molecule has 1 aromatic heterocycles. The lowest BCUT2D eigenvalue weighted by Gasteiger charge is -2.37. The number of nitrogens with zero attached hydrogens (tertiary/aromatic N) is 2. The van der Waals surface area contributed by atoms with Crippen LogP contribution in [0.1, 0.15) is 36.8 Å². The van der Waals surface area contributed by atoms with Crippen LogP contribution in [0.15, 0.2) is 30.5 Å². The van der Waals surface area contributed by atoms with Gasteiger partial charge in [0.25, 0.3) is 0 Å². The molecule has 1 aliphatic carbocycles. The molecule has 1 aromatic carbocycles. The van der Waals surface area contributed by atoms with Gasteiger partial charge in [0.05, 0.1) is 5.52 Å². The number of fused-ring (bicyclic) bond motifs is 2. The Morgan fingerprint density at radius 3 is 2.89 bits per heavy atom. The molecule has 5 atom stereocenters. The van der Waals surface area contributed by atoms with E-state index >= 15 is 0 Å². The summed E-state index contributed by atoms with van der Waals surface area (Å²) in [4.78, 5) is 19.7. The first-order valence-corrected chi connectivity index (χ1v) is 10.5. The molecular weight excluding hydrogens is 348 g/mol. The number of likely N-dealkylation sites (tertiary alicyclic amines) is 1. The number of carbonyl (C=O) groups excluding carboxylic acids is 1. The third kappa shape index (κ3) is 3.02. The molecule has 3 fully saturated rings. The van der Waals surface area contributed by atoms with Gasteiger partial charge in [-0.2, -0.15) is 0 Å². The zero-order valence-corrected chi connectivity index (χ0v) is 16.4. The average Bonchev–Trinajstić information content (AvgIpc) is 3.12. The second-order valence-electron chi connectivity index (χ2n) is 8.98. The highest BCUT2D eigenvalue weighted by atomic mass is 16.2. The molecule has 0 spiro atoms. The van der Waals surface area contributed by atoms with Gasteiger partial charge >= 0.3 is 0 Å². The van der Waals surface area contributed by atoms with E-state index in [4.69, 9.17) is 5.41 Å². The van der Waals surface area contributed by atoms with Crippen LogP contribution < -0.4 is 5.32 Å². The van der Waals surface area contributed by atoms with E-state index in [0.29, 0.717) is 23.7 Å². The average molecular weight is 377 g/mol. The molecule has 5 rings (SSSR count). The zero-order chi connectivity index (χ0) is 19.3. The lowest BCUT2D eigenvalue weighted by atomic mass is 9.83. The summed E-state index contributed by atoms with van der Waals surface area (Å²) in [6.07, 6.45) is 4.99. The second kappa shape index (κ2) is 6.96. The van der Waals surface area contributed by atoms with E-state index in [2.05, 4.69) is 34.3 Å². The lowest BCUT2D eigenvalue weighted by Crippen LogP contribution is -2.43. The Kier molecular flexibility index (Phi) is 4.43. The molecule has 146 valence electrons. The third-order valence-electron chi connectivity index (χ3n) is 7.12. The van der Waals surface area contributed by atoms with Crippen molar-refractivity contribution < 1.29 is 4.79 Å². The van der Waals surface area contributed by atoms with Gasteiger partial charge in [-0.15, -0.1) is 0 Å². The van der Waals surface area contributed by atoms with Crippen LogP contribution in [-0.2, 0) is 4.79 Å². The summed E-state index contributed by atoms with van der Waals surface area (Å²) in [7, 11) is 0. The summed E-state index contributed by atoms with van der Waals surface area (Å²) >= 11 is 0. The zero-order valence-electron chi connectivity index (χ0n) is 16.4. The Bertz CT molecular complexity index is 916. The second-order valence-corrected chi connectivity index (χ2v) is 8.98. The quantitative estimate of drug-likeness (QED) is 0.806. The van der Waals surface area contributed by atoms with Crippen molar-refractivity contribution in [1.82, 2.24) is 15.2 Å². The van der Waals surface area contributed by atoms with Gasteiger partial charge in [-0.1, -0.05) is 25.1 Å². The van der Waals surface area contributed by atoms with Crippen molar-refractivity contribution in [2.75, 3.05) is 26.2 Å². The number of carbonyl (C=O) groups is 1. The van der Waals surface area contributed by atoms with Gasteiger partial charge in [0.2, 0.25) is 5.91 Å². The smallest absolute Gasteiger partial charge is 0.222 e. The van der Waals surface area contributed by atoms with E-state index in [1.165, 1.54) is 11.8 Å². The van der Waals surface area contributed by atoms with E-state index in [1.54, 1.807) is 6.20 Å². The Balaban J connectivity index is 1.38. The SMILES string of the molecule is C[C@@H]1C[C@@H](c2ccc(C=N)c3ncccc23)CN(C(=O)CC2[C@H]3CNC[C@@H]23)C1. The fraction of sp³-hybridized carbons (Fsp3) is 0.522. The monoisotopic (exact) mass is 376 g/mol. The van der Waals surface area contributed by atoms with Crippen LogP contribution in [0.2, 0.25) is 0 Å². The maximum absolute atomic E-state index is 13.0. The van der Waals surface area contributed by atoms with Gasteiger partial charge in [-0.05, 0) is 54.8 Å². The molecule has 2 aliphatic heterocycles. The van der Waals surface area contributed by atoms with Crippen molar-refractivity contribution in [2.45, 2.75) is 25.7 Å². The predicted octanol–water partition coefficient (Wildman–Crippen LogP) is 3.04. The summed E-state index contributed by atoms with van der Waals surface area (Å²) < 4.78 is 0. The minimum atomic E-state index is 0.333. The van der Waals surface area contributed by atoms with Gasteiger partial charge in [0.1, 0.15) is 0 Å². The van der Waals surface area contributed by atoms with Crippen molar-refractivity contribution in [1.29, 1.82) is 5.41 Å². The first-order valence-electron chi connectivity index (χ1n) is 10.5. The van der Waals surface area contributed by atoms with Gasteiger partial charge in [-0.25, -0.2) is 0 Å². The number of aromatic nitrogens is 1. The largest absolute Gasteiger partial charge is 0.342 e. The highest BCUT2D eigenvalue weighted by Crippen LogP contribution is 2.51. The molecule has 0 bridgehead atoms. The number of amides is 1. The Hall–Kier alpha value is -2.27. The topological polar surface area (TPSA) is 69.1 Å². The highest BCUT2D eigenvalue weighted by molar-refractivity contribution is 5.98. The van der Waals surface area contributed by atoms with Crippen LogP contribution in [-0.4, -0.2) is 48.2 Å². The van der Waals surface area contributed by atoms with E-state index < -0.39 is 0 Å². The van der Waals surface area contributed by atoms with Crippen LogP contribution in [0.4, 0.5) is 0 Å². The first kappa shape index (κ1) is 17.8. The standard InChI is InChI=1S/C23H28N4O/c1-14-7-16(17-5-4-15(9-24)23-18(17)3-2-6-26-23)13-27(12-14)22(28)8-19-20-10-25-11-21(19)20/h2-6,9,14,16,19-21,24-25H,7-8,10-13H2,1H3/t14-,16-,19?,20-,21+/m1/s1. The first-order chi connectivity index (χ1) is 13.7. The van der Waals surface area contributed by atoms with Crippen LogP contribution in [0.5, 0.6) is 0 Å². The molecule has 2 saturated heterocycles. The molecule has 3 aliphatic rings. The van der Waals surface area contributed by atoms with Gasteiger partial charge in [0, 0.05) is 48.8 Å². The number of nitrogens with one attached hydrogen (secondary N) is 2. The number of rotatable bonds is 4. The molecule has 3 heterocycles. The Morgan fingerprint density at radius 1 is 1.29 bits per heavy atom. The molecule has 5 nitrogen and oxygen atoms in total. The molecule has 1 unspecified atom stereocenters. The summed E-state index contributed by atoms with van der Waals surface area (Å²) in [5.74, 6) is 3.27. The summed E-state index contributed by atoms with van der Waals surface area (Å²) in [5.41, 5.74) is 3.01. The minimum Gasteiger partial charge on any atom is -0.342 e. The van der Waals surface area contributed by atoms with E-state index in [1.807, 2.05) is 12.1 Å². The van der Waals surface area contributed by atoms with E-state index in [9.17, 15) is 4.79 Å². The molecule has 1 amide bonds. The van der Waals surface area contributed by atoms with E-state index in [0.717, 1.165) is 67.3 Å². The molecule has 2 aromatic rings. The normalized spacial score (nSPS) is 31.6. The van der Waals surface area contributed by atoms with E-state index in [-0.39, 0.29) is 0 Å². The van der Waals surface area contributed by atoms with Gasteiger partial charge < -0.3 is 15.6 Å². The van der Waals surface area contributed by atoms with Crippen molar-refractivity contribution in [3.63, 3.8) is 0 Å². The fourth-order valence-electron chi connectivity index (χ4n) is 5.65. The van der Waals surface area contributed by atoms with Crippen molar-refractivity contribution in [3.05, 3.63) is 41.6 Å². The highest BCUT2D eigenvalue weighted by Gasteiger charge is 2.53. The number of hydrogen-bond donors (Lipinski definition) is 2. The maximum atomic E-state index is 13.0. The molecule has 28 heavy (non-hydrogen) atoms. The molecule has 5 heteroatoms. The molecular formula is C23H28N4O. The van der Waals surface area contributed by atoms with Gasteiger partial charge in [-0.3, -0.25) is 9.78 Å². The molecule has 1 saturated carbocycles. The van der Waals surface area contributed by atoms with Gasteiger partial charge in [0.15, 0.2) is 0 Å². The number of benzene rings is 1. The predicted molar refractivity (Wildman–Crippen MR) is 111 cm³/mol. The number of piperidine rings is 2.